The molecule has 0 amide bonds. The van der Waals surface area contributed by atoms with Crippen molar-refractivity contribution in [2.24, 2.45) is 5.73 Å². The molecule has 0 saturated heterocycles. The molecule has 1 aliphatic carbocycles. The number of hydrogen-bond acceptors (Lipinski definition) is 4. The highest BCUT2D eigenvalue weighted by atomic mass is 35.5. The molecular formula is C11H17ClN4. The van der Waals surface area contributed by atoms with Gasteiger partial charge in [0, 0.05) is 12.1 Å². The molecule has 2 unspecified atom stereocenters. The van der Waals surface area contributed by atoms with Gasteiger partial charge < -0.3 is 11.1 Å². The molecule has 0 spiro atoms. The molecule has 2 atom stereocenters. The first kappa shape index (κ1) is 11.6. The van der Waals surface area contributed by atoms with Gasteiger partial charge in [-0.05, 0) is 12.8 Å². The van der Waals surface area contributed by atoms with E-state index in [0.29, 0.717) is 10.8 Å². The smallest absolute Gasteiger partial charge is 0.148 e. The van der Waals surface area contributed by atoms with E-state index in [-0.39, 0.29) is 12.1 Å². The van der Waals surface area contributed by atoms with Crippen LogP contribution in [-0.2, 0) is 0 Å². The van der Waals surface area contributed by atoms with Crippen molar-refractivity contribution < 1.29 is 0 Å². The lowest BCUT2D eigenvalue weighted by molar-refractivity contribution is 0.527. The molecule has 0 bridgehead atoms. The molecule has 0 radical (unpaired) electrons. The Morgan fingerprint density at radius 3 is 2.94 bits per heavy atom. The van der Waals surface area contributed by atoms with E-state index in [1.165, 1.54) is 25.6 Å². The molecule has 1 aliphatic rings. The third-order valence-electron chi connectivity index (χ3n) is 3.06. The summed E-state index contributed by atoms with van der Waals surface area (Å²) in [5, 5.41) is 3.89. The van der Waals surface area contributed by atoms with Gasteiger partial charge in [0.05, 0.1) is 6.20 Å². The minimum atomic E-state index is 0.188. The fourth-order valence-corrected chi connectivity index (χ4v) is 2.27. The van der Waals surface area contributed by atoms with Crippen LogP contribution in [0.15, 0.2) is 12.5 Å². The standard InChI is InChI=1S/C11H17ClN4/c12-8-6-14-7-15-11(8)16-10-5-3-1-2-4-9(10)13/h6-7,9-10H,1-5,13H2,(H,14,15,16). The highest BCUT2D eigenvalue weighted by molar-refractivity contribution is 6.32. The maximum absolute atomic E-state index is 6.13. The van der Waals surface area contributed by atoms with Gasteiger partial charge in [0.25, 0.3) is 0 Å². The van der Waals surface area contributed by atoms with Crippen LogP contribution in [0.2, 0.25) is 5.02 Å². The molecule has 1 aromatic heterocycles. The zero-order chi connectivity index (χ0) is 11.4. The summed E-state index contributed by atoms with van der Waals surface area (Å²) in [4.78, 5) is 7.99. The lowest BCUT2D eigenvalue weighted by atomic mass is 10.0. The van der Waals surface area contributed by atoms with Crippen LogP contribution in [0.5, 0.6) is 0 Å². The van der Waals surface area contributed by atoms with Gasteiger partial charge in [0.1, 0.15) is 17.2 Å². The Morgan fingerprint density at radius 2 is 2.12 bits per heavy atom. The summed E-state index contributed by atoms with van der Waals surface area (Å²) in [5.74, 6) is 0.694. The van der Waals surface area contributed by atoms with Crippen LogP contribution < -0.4 is 11.1 Å². The Morgan fingerprint density at radius 1 is 1.31 bits per heavy atom. The van der Waals surface area contributed by atoms with Crippen molar-refractivity contribution in [1.82, 2.24) is 9.97 Å². The molecule has 4 nitrogen and oxygen atoms in total. The Labute approximate surface area is 101 Å². The average Bonchev–Trinajstić information content (AvgIpc) is 2.48. The zero-order valence-corrected chi connectivity index (χ0v) is 9.95. The van der Waals surface area contributed by atoms with Crippen LogP contribution in [0.25, 0.3) is 0 Å². The number of rotatable bonds is 2. The molecule has 1 heterocycles. The summed E-state index contributed by atoms with van der Waals surface area (Å²) in [5.41, 5.74) is 6.13. The van der Waals surface area contributed by atoms with Crippen LogP contribution in [0.1, 0.15) is 32.1 Å². The molecule has 2 rings (SSSR count). The second-order valence-electron chi connectivity index (χ2n) is 4.27. The second-order valence-corrected chi connectivity index (χ2v) is 4.68. The van der Waals surface area contributed by atoms with Crippen molar-refractivity contribution in [2.45, 2.75) is 44.2 Å². The van der Waals surface area contributed by atoms with Crippen molar-refractivity contribution in [2.75, 3.05) is 5.32 Å². The fourth-order valence-electron chi connectivity index (χ4n) is 2.11. The largest absolute Gasteiger partial charge is 0.364 e. The highest BCUT2D eigenvalue weighted by Gasteiger charge is 2.21. The minimum Gasteiger partial charge on any atom is -0.364 e. The van der Waals surface area contributed by atoms with Gasteiger partial charge in [-0.15, -0.1) is 0 Å². The number of nitrogens with two attached hydrogens (primary N) is 1. The van der Waals surface area contributed by atoms with E-state index < -0.39 is 0 Å². The lowest BCUT2D eigenvalue weighted by Gasteiger charge is -2.23. The van der Waals surface area contributed by atoms with Crippen molar-refractivity contribution in [3.63, 3.8) is 0 Å². The Bertz CT molecular complexity index is 345. The van der Waals surface area contributed by atoms with Crippen LogP contribution in [0.4, 0.5) is 5.82 Å². The van der Waals surface area contributed by atoms with E-state index in [1.807, 2.05) is 0 Å². The molecule has 1 saturated carbocycles. The molecule has 1 fully saturated rings. The van der Waals surface area contributed by atoms with Crippen molar-refractivity contribution in [3.05, 3.63) is 17.5 Å². The lowest BCUT2D eigenvalue weighted by Crippen LogP contribution is -2.39. The summed E-state index contributed by atoms with van der Waals surface area (Å²) in [7, 11) is 0. The average molecular weight is 241 g/mol. The molecule has 3 N–H and O–H groups in total. The minimum absolute atomic E-state index is 0.188. The summed E-state index contributed by atoms with van der Waals surface area (Å²) in [6, 6.07) is 0.462. The van der Waals surface area contributed by atoms with Crippen molar-refractivity contribution in [1.29, 1.82) is 0 Å². The van der Waals surface area contributed by atoms with Crippen LogP contribution in [0, 0.1) is 0 Å². The number of halogens is 1. The topological polar surface area (TPSA) is 63.8 Å². The quantitative estimate of drug-likeness (QED) is 0.778. The normalized spacial score (nSPS) is 26.1. The number of nitrogens with zero attached hydrogens (tertiary/aromatic N) is 2. The summed E-state index contributed by atoms with van der Waals surface area (Å²) < 4.78 is 0. The van der Waals surface area contributed by atoms with Gasteiger partial charge in [0.2, 0.25) is 0 Å². The third kappa shape index (κ3) is 2.83. The predicted octanol–water partition coefficient (Wildman–Crippen LogP) is 2.20. The van der Waals surface area contributed by atoms with Crippen molar-refractivity contribution >= 4 is 17.4 Å². The van der Waals surface area contributed by atoms with Crippen LogP contribution in [-0.4, -0.2) is 22.1 Å². The summed E-state index contributed by atoms with van der Waals surface area (Å²) in [6.07, 6.45) is 8.95. The Hall–Kier alpha value is -0.870. The van der Waals surface area contributed by atoms with Crippen LogP contribution >= 0.6 is 11.6 Å². The molecule has 1 aromatic rings. The number of nitrogens with one attached hydrogen (secondary N) is 1. The van der Waals surface area contributed by atoms with Gasteiger partial charge in [-0.3, -0.25) is 0 Å². The Kier molecular flexibility index (Phi) is 3.96. The fraction of sp³-hybridized carbons (Fsp3) is 0.636. The molecule has 0 aromatic carbocycles. The third-order valence-corrected chi connectivity index (χ3v) is 3.34. The first-order valence-electron chi connectivity index (χ1n) is 5.75. The van der Waals surface area contributed by atoms with E-state index in [0.717, 1.165) is 12.8 Å². The molecule has 0 aliphatic heterocycles. The molecule has 16 heavy (non-hydrogen) atoms. The van der Waals surface area contributed by atoms with E-state index in [4.69, 9.17) is 17.3 Å². The molecule has 88 valence electrons. The SMILES string of the molecule is NC1CCCCCC1Nc1ncncc1Cl. The summed E-state index contributed by atoms with van der Waals surface area (Å²) >= 11 is 6.00. The van der Waals surface area contributed by atoms with E-state index in [9.17, 15) is 0 Å². The maximum Gasteiger partial charge on any atom is 0.148 e. The molecule has 5 heteroatoms. The van der Waals surface area contributed by atoms with Gasteiger partial charge in [-0.1, -0.05) is 30.9 Å². The first-order chi connectivity index (χ1) is 7.77. The van der Waals surface area contributed by atoms with Gasteiger partial charge in [-0.25, -0.2) is 9.97 Å². The highest BCUT2D eigenvalue weighted by Crippen LogP contribution is 2.23. The van der Waals surface area contributed by atoms with Gasteiger partial charge in [-0.2, -0.15) is 0 Å². The van der Waals surface area contributed by atoms with E-state index >= 15 is 0 Å². The second kappa shape index (κ2) is 5.46. The van der Waals surface area contributed by atoms with E-state index in [2.05, 4.69) is 15.3 Å². The number of hydrogen-bond donors (Lipinski definition) is 2. The number of aromatic nitrogens is 2. The molecular weight excluding hydrogens is 224 g/mol. The number of anilines is 1. The Balaban J connectivity index is 2.05. The van der Waals surface area contributed by atoms with Crippen molar-refractivity contribution in [3.8, 4) is 0 Å². The van der Waals surface area contributed by atoms with Crippen LogP contribution in [0.3, 0.4) is 0 Å². The van der Waals surface area contributed by atoms with Gasteiger partial charge in [0.15, 0.2) is 0 Å². The summed E-state index contributed by atoms with van der Waals surface area (Å²) in [6.45, 7) is 0. The first-order valence-corrected chi connectivity index (χ1v) is 6.13. The monoisotopic (exact) mass is 240 g/mol. The maximum atomic E-state index is 6.13. The van der Waals surface area contributed by atoms with E-state index in [1.54, 1.807) is 6.20 Å². The predicted molar refractivity (Wildman–Crippen MR) is 65.5 cm³/mol. The zero-order valence-electron chi connectivity index (χ0n) is 9.19. The van der Waals surface area contributed by atoms with Gasteiger partial charge >= 0.3 is 0 Å².